The molecule has 0 radical (unpaired) electrons. The van der Waals surface area contributed by atoms with E-state index in [1.165, 1.54) is 11.1 Å². The number of fused-ring (bicyclic) bond motifs is 1. The predicted molar refractivity (Wildman–Crippen MR) is 88.9 cm³/mol. The fraction of sp³-hybridized carbons (Fsp3) is 0.111. The molecule has 0 atom stereocenters. The number of aryl methyl sites for hydroxylation is 2. The molecule has 0 fully saturated rings. The van der Waals surface area contributed by atoms with E-state index in [2.05, 4.69) is 53.6 Å². The fourth-order valence-corrected chi connectivity index (χ4v) is 2.29. The highest BCUT2D eigenvalue weighted by Crippen LogP contribution is 2.16. The lowest BCUT2D eigenvalue weighted by Gasteiger charge is -2.05. The Morgan fingerprint density at radius 3 is 2.81 bits per heavy atom. The van der Waals surface area contributed by atoms with E-state index in [1.807, 2.05) is 30.5 Å². The Bertz CT molecular complexity index is 806. The number of anilines is 1. The van der Waals surface area contributed by atoms with E-state index in [1.54, 1.807) is 6.20 Å². The van der Waals surface area contributed by atoms with Gasteiger partial charge in [-0.1, -0.05) is 29.8 Å². The van der Waals surface area contributed by atoms with E-state index in [0.717, 1.165) is 22.2 Å². The number of benzene rings is 2. The Morgan fingerprint density at radius 2 is 1.95 bits per heavy atom. The second kappa shape index (κ2) is 5.75. The summed E-state index contributed by atoms with van der Waals surface area (Å²) < 4.78 is 0. The second-order valence-corrected chi connectivity index (χ2v) is 5.14. The Labute approximate surface area is 124 Å². The summed E-state index contributed by atoms with van der Waals surface area (Å²) in [6.07, 6.45) is 3.63. The lowest BCUT2D eigenvalue weighted by Crippen LogP contribution is -1.93. The predicted octanol–water partition coefficient (Wildman–Crippen LogP) is 4.30. The Morgan fingerprint density at radius 1 is 1.05 bits per heavy atom. The first-order valence-corrected chi connectivity index (χ1v) is 6.93. The monoisotopic (exact) mass is 275 g/mol. The van der Waals surface area contributed by atoms with Crippen molar-refractivity contribution in [1.82, 2.24) is 4.98 Å². The van der Waals surface area contributed by atoms with E-state index in [9.17, 15) is 0 Å². The van der Waals surface area contributed by atoms with Gasteiger partial charge in [0, 0.05) is 11.6 Å². The van der Waals surface area contributed by atoms with Crippen molar-refractivity contribution in [2.24, 2.45) is 5.10 Å². The summed E-state index contributed by atoms with van der Waals surface area (Å²) in [5.41, 5.74) is 8.61. The molecule has 0 saturated heterocycles. The number of pyridine rings is 1. The number of aromatic nitrogens is 1. The molecular formula is C18H17N3. The molecule has 0 bridgehead atoms. The molecule has 2 aromatic carbocycles. The van der Waals surface area contributed by atoms with Crippen molar-refractivity contribution in [3.8, 4) is 0 Å². The van der Waals surface area contributed by atoms with Gasteiger partial charge in [0.15, 0.2) is 0 Å². The number of hydrogen-bond acceptors (Lipinski definition) is 3. The van der Waals surface area contributed by atoms with Crippen LogP contribution in [-0.4, -0.2) is 11.2 Å². The average molecular weight is 275 g/mol. The van der Waals surface area contributed by atoms with Gasteiger partial charge in [0.05, 0.1) is 17.4 Å². The van der Waals surface area contributed by atoms with Crippen molar-refractivity contribution in [3.05, 3.63) is 71.4 Å². The first-order valence-electron chi connectivity index (χ1n) is 6.93. The Hall–Kier alpha value is -2.68. The zero-order valence-corrected chi connectivity index (χ0v) is 12.2. The standard InChI is InChI=1S/C18H17N3/c1-13-5-7-17(14(2)10-13)21-20-12-15-6-8-18-16(11-15)4-3-9-19-18/h3-12,21H,1-2H3/b20-12-. The summed E-state index contributed by atoms with van der Waals surface area (Å²) in [6, 6.07) is 16.4. The van der Waals surface area contributed by atoms with Gasteiger partial charge in [0.1, 0.15) is 0 Å². The molecule has 0 aliphatic heterocycles. The van der Waals surface area contributed by atoms with Gasteiger partial charge in [-0.25, -0.2) is 0 Å². The van der Waals surface area contributed by atoms with E-state index in [4.69, 9.17) is 0 Å². The van der Waals surface area contributed by atoms with Crippen LogP contribution in [0.5, 0.6) is 0 Å². The van der Waals surface area contributed by atoms with Gasteiger partial charge in [-0.15, -0.1) is 0 Å². The summed E-state index contributed by atoms with van der Waals surface area (Å²) in [5, 5.41) is 5.43. The molecule has 3 aromatic rings. The third-order valence-electron chi connectivity index (χ3n) is 3.41. The molecule has 3 nitrogen and oxygen atoms in total. The smallest absolute Gasteiger partial charge is 0.0702 e. The molecule has 0 spiro atoms. The first-order chi connectivity index (χ1) is 10.2. The topological polar surface area (TPSA) is 37.3 Å². The van der Waals surface area contributed by atoms with Gasteiger partial charge in [0.2, 0.25) is 0 Å². The summed E-state index contributed by atoms with van der Waals surface area (Å²) in [7, 11) is 0. The third-order valence-corrected chi connectivity index (χ3v) is 3.41. The summed E-state index contributed by atoms with van der Waals surface area (Å²) in [4.78, 5) is 4.31. The van der Waals surface area contributed by atoms with Gasteiger partial charge >= 0.3 is 0 Å². The average Bonchev–Trinajstić information content (AvgIpc) is 2.49. The van der Waals surface area contributed by atoms with Crippen LogP contribution >= 0.6 is 0 Å². The second-order valence-electron chi connectivity index (χ2n) is 5.14. The molecule has 1 N–H and O–H groups in total. The van der Waals surface area contributed by atoms with E-state index < -0.39 is 0 Å². The molecule has 1 heterocycles. The summed E-state index contributed by atoms with van der Waals surface area (Å²) in [6.45, 7) is 4.16. The molecule has 0 aliphatic carbocycles. The van der Waals surface area contributed by atoms with E-state index in [-0.39, 0.29) is 0 Å². The minimum absolute atomic E-state index is 0.997. The highest BCUT2D eigenvalue weighted by Gasteiger charge is 1.97. The zero-order chi connectivity index (χ0) is 14.7. The molecule has 0 unspecified atom stereocenters. The van der Waals surface area contributed by atoms with Crippen LogP contribution in [0, 0.1) is 13.8 Å². The maximum Gasteiger partial charge on any atom is 0.0702 e. The van der Waals surface area contributed by atoms with Gasteiger partial charge < -0.3 is 0 Å². The van der Waals surface area contributed by atoms with Crippen molar-refractivity contribution in [3.63, 3.8) is 0 Å². The molecule has 104 valence electrons. The summed E-state index contributed by atoms with van der Waals surface area (Å²) in [5.74, 6) is 0. The normalized spacial score (nSPS) is 11.1. The maximum atomic E-state index is 4.31. The molecular weight excluding hydrogens is 258 g/mol. The highest BCUT2D eigenvalue weighted by molar-refractivity contribution is 5.88. The number of hydrazone groups is 1. The van der Waals surface area contributed by atoms with Crippen LogP contribution in [0.1, 0.15) is 16.7 Å². The molecule has 21 heavy (non-hydrogen) atoms. The minimum atomic E-state index is 0.997. The van der Waals surface area contributed by atoms with Crippen LogP contribution < -0.4 is 5.43 Å². The Balaban J connectivity index is 1.78. The molecule has 0 saturated carbocycles. The zero-order valence-electron chi connectivity index (χ0n) is 12.2. The lowest BCUT2D eigenvalue weighted by molar-refractivity contribution is 1.29. The highest BCUT2D eigenvalue weighted by atomic mass is 15.3. The Kier molecular flexibility index (Phi) is 3.65. The van der Waals surface area contributed by atoms with Crippen molar-refractivity contribution in [2.45, 2.75) is 13.8 Å². The molecule has 0 amide bonds. The number of hydrogen-bond donors (Lipinski definition) is 1. The van der Waals surface area contributed by atoms with Crippen LogP contribution in [0.3, 0.4) is 0 Å². The van der Waals surface area contributed by atoms with Gasteiger partial charge in [-0.2, -0.15) is 5.10 Å². The minimum Gasteiger partial charge on any atom is -0.278 e. The quantitative estimate of drug-likeness (QED) is 0.571. The first kappa shape index (κ1) is 13.3. The van der Waals surface area contributed by atoms with Crippen molar-refractivity contribution >= 4 is 22.8 Å². The van der Waals surface area contributed by atoms with E-state index >= 15 is 0 Å². The van der Waals surface area contributed by atoms with Gasteiger partial charge in [-0.3, -0.25) is 10.4 Å². The van der Waals surface area contributed by atoms with Crippen LogP contribution in [0.4, 0.5) is 5.69 Å². The molecule has 3 rings (SSSR count). The number of nitrogens with zero attached hydrogens (tertiary/aromatic N) is 2. The molecule has 0 aliphatic rings. The summed E-state index contributed by atoms with van der Waals surface area (Å²) >= 11 is 0. The molecule has 3 heteroatoms. The van der Waals surface area contributed by atoms with Gasteiger partial charge in [-0.05, 0) is 49.2 Å². The van der Waals surface area contributed by atoms with Crippen molar-refractivity contribution in [2.75, 3.05) is 5.43 Å². The van der Waals surface area contributed by atoms with Crippen LogP contribution in [0.25, 0.3) is 10.9 Å². The molecule has 1 aromatic heterocycles. The number of rotatable bonds is 3. The van der Waals surface area contributed by atoms with Gasteiger partial charge in [0.25, 0.3) is 0 Å². The largest absolute Gasteiger partial charge is 0.278 e. The van der Waals surface area contributed by atoms with Crippen LogP contribution in [-0.2, 0) is 0 Å². The van der Waals surface area contributed by atoms with Crippen molar-refractivity contribution < 1.29 is 0 Å². The van der Waals surface area contributed by atoms with Crippen LogP contribution in [0.15, 0.2) is 59.8 Å². The van der Waals surface area contributed by atoms with E-state index in [0.29, 0.717) is 0 Å². The maximum absolute atomic E-state index is 4.31. The lowest BCUT2D eigenvalue weighted by atomic mass is 10.1. The van der Waals surface area contributed by atoms with Crippen molar-refractivity contribution in [1.29, 1.82) is 0 Å². The number of nitrogens with one attached hydrogen (secondary N) is 1. The fourth-order valence-electron chi connectivity index (χ4n) is 2.29. The third kappa shape index (κ3) is 3.08. The van der Waals surface area contributed by atoms with Crippen LogP contribution in [0.2, 0.25) is 0 Å². The SMILES string of the molecule is Cc1ccc(N/N=C\c2ccc3ncccc3c2)c(C)c1.